The highest BCUT2D eigenvalue weighted by Crippen LogP contribution is 2.40. The normalized spacial score (nSPS) is 14.4. The van der Waals surface area contributed by atoms with Crippen molar-refractivity contribution in [3.63, 3.8) is 0 Å². The molecule has 4 aromatic rings. The van der Waals surface area contributed by atoms with Crippen molar-refractivity contribution in [2.45, 2.75) is 18.9 Å². The van der Waals surface area contributed by atoms with Gasteiger partial charge < -0.3 is 15.4 Å². The molecule has 1 saturated heterocycles. The molecule has 172 valence electrons. The molecule has 34 heavy (non-hydrogen) atoms. The zero-order valence-corrected chi connectivity index (χ0v) is 18.9. The molecule has 0 spiro atoms. The van der Waals surface area contributed by atoms with Gasteiger partial charge in [-0.15, -0.1) is 5.10 Å². The van der Waals surface area contributed by atoms with Gasteiger partial charge in [0.15, 0.2) is 0 Å². The maximum atomic E-state index is 14.6. The number of halogens is 1. The second kappa shape index (κ2) is 8.68. The molecule has 0 saturated carbocycles. The molecule has 0 radical (unpaired) electrons. The van der Waals surface area contributed by atoms with Gasteiger partial charge in [0.25, 0.3) is 0 Å². The number of piperidine rings is 1. The fraction of sp³-hybridized carbons (Fsp3) is 0.292. The van der Waals surface area contributed by atoms with E-state index in [1.807, 2.05) is 31.3 Å². The molecule has 0 bridgehead atoms. The van der Waals surface area contributed by atoms with Crippen LogP contribution in [0.3, 0.4) is 0 Å². The molecule has 5 rings (SSSR count). The van der Waals surface area contributed by atoms with Crippen LogP contribution in [0.15, 0.2) is 36.4 Å². The van der Waals surface area contributed by atoms with Crippen molar-refractivity contribution in [3.8, 4) is 34.3 Å². The quantitative estimate of drug-likeness (QED) is 0.496. The third-order valence-corrected chi connectivity index (χ3v) is 6.14. The van der Waals surface area contributed by atoms with E-state index in [2.05, 4.69) is 15.2 Å². The van der Waals surface area contributed by atoms with Gasteiger partial charge in [-0.05, 0) is 42.7 Å². The molecule has 2 N–H and O–H groups in total. The Balaban J connectivity index is 1.73. The number of nitrogens with zero attached hydrogens (tertiary/aromatic N) is 7. The van der Waals surface area contributed by atoms with E-state index in [0.29, 0.717) is 34.2 Å². The second-order valence-electron chi connectivity index (χ2n) is 8.30. The summed E-state index contributed by atoms with van der Waals surface area (Å²) in [5.41, 5.74) is 10.0. The number of hydrogen-bond donors (Lipinski definition) is 1. The smallest absolute Gasteiger partial charge is 0.229 e. The SMILES string of the molecule is COc1nc(N2CCC(N)CC2)nc(-c2ccc(C#N)c(F)c2)c1-c1ccc2c(c1)nnn2C. The Morgan fingerprint density at radius 2 is 1.88 bits per heavy atom. The van der Waals surface area contributed by atoms with Crippen LogP contribution in [-0.4, -0.2) is 51.2 Å². The Morgan fingerprint density at radius 3 is 2.59 bits per heavy atom. The van der Waals surface area contributed by atoms with Crippen molar-refractivity contribution in [3.05, 3.63) is 47.8 Å². The van der Waals surface area contributed by atoms with E-state index in [9.17, 15) is 4.39 Å². The number of fused-ring (bicyclic) bond motifs is 1. The van der Waals surface area contributed by atoms with Crippen LogP contribution in [-0.2, 0) is 7.05 Å². The predicted molar refractivity (Wildman–Crippen MR) is 126 cm³/mol. The predicted octanol–water partition coefficient (Wildman–Crippen LogP) is 3.04. The zero-order valence-electron chi connectivity index (χ0n) is 18.9. The summed E-state index contributed by atoms with van der Waals surface area (Å²) in [4.78, 5) is 11.6. The van der Waals surface area contributed by atoms with Crippen LogP contribution >= 0.6 is 0 Å². The maximum absolute atomic E-state index is 14.6. The summed E-state index contributed by atoms with van der Waals surface area (Å²) in [6, 6.07) is 12.2. The Hall–Kier alpha value is -4.10. The van der Waals surface area contributed by atoms with Gasteiger partial charge in [-0.1, -0.05) is 17.3 Å². The molecule has 0 unspecified atom stereocenters. The first-order valence-electron chi connectivity index (χ1n) is 10.9. The average Bonchev–Trinajstić information content (AvgIpc) is 3.23. The molecule has 2 aromatic carbocycles. The first-order valence-corrected chi connectivity index (χ1v) is 10.9. The number of ether oxygens (including phenoxy) is 1. The van der Waals surface area contributed by atoms with E-state index in [0.717, 1.165) is 37.0 Å². The first-order chi connectivity index (χ1) is 16.5. The molecular weight excluding hydrogens is 435 g/mol. The van der Waals surface area contributed by atoms with Gasteiger partial charge >= 0.3 is 0 Å². The summed E-state index contributed by atoms with van der Waals surface area (Å²) in [7, 11) is 3.37. The van der Waals surface area contributed by atoms with Gasteiger partial charge in [-0.2, -0.15) is 10.2 Å². The Bertz CT molecular complexity index is 1420. The number of nitriles is 1. The van der Waals surface area contributed by atoms with Gasteiger partial charge in [0.2, 0.25) is 11.8 Å². The third-order valence-electron chi connectivity index (χ3n) is 6.14. The number of benzene rings is 2. The number of rotatable bonds is 4. The van der Waals surface area contributed by atoms with Crippen molar-refractivity contribution in [2.75, 3.05) is 25.1 Å². The van der Waals surface area contributed by atoms with Gasteiger partial charge in [-0.3, -0.25) is 0 Å². The Labute approximate surface area is 195 Å². The van der Waals surface area contributed by atoms with Gasteiger partial charge in [0.1, 0.15) is 17.4 Å². The van der Waals surface area contributed by atoms with Crippen molar-refractivity contribution in [1.29, 1.82) is 5.26 Å². The lowest BCUT2D eigenvalue weighted by molar-refractivity contribution is 0.397. The molecule has 2 aromatic heterocycles. The van der Waals surface area contributed by atoms with E-state index in [-0.39, 0.29) is 11.6 Å². The molecular formula is C24H23FN8O. The van der Waals surface area contributed by atoms with Crippen LogP contribution < -0.4 is 15.4 Å². The highest BCUT2D eigenvalue weighted by Gasteiger charge is 2.25. The van der Waals surface area contributed by atoms with Crippen molar-refractivity contribution >= 4 is 17.0 Å². The summed E-state index contributed by atoms with van der Waals surface area (Å²) in [6.45, 7) is 1.44. The summed E-state index contributed by atoms with van der Waals surface area (Å²) < 4.78 is 22.0. The zero-order chi connectivity index (χ0) is 23.8. The van der Waals surface area contributed by atoms with Crippen molar-refractivity contribution < 1.29 is 9.13 Å². The summed E-state index contributed by atoms with van der Waals surface area (Å²) in [6.07, 6.45) is 1.66. The lowest BCUT2D eigenvalue weighted by atomic mass is 9.98. The number of nitrogens with two attached hydrogens (primary N) is 1. The van der Waals surface area contributed by atoms with Crippen LogP contribution in [0.4, 0.5) is 10.3 Å². The van der Waals surface area contributed by atoms with Crippen LogP contribution in [0.25, 0.3) is 33.4 Å². The van der Waals surface area contributed by atoms with E-state index >= 15 is 0 Å². The van der Waals surface area contributed by atoms with Crippen molar-refractivity contribution in [2.24, 2.45) is 12.8 Å². The fourth-order valence-corrected chi connectivity index (χ4v) is 4.24. The summed E-state index contributed by atoms with van der Waals surface area (Å²) in [5.74, 6) is 0.245. The van der Waals surface area contributed by atoms with E-state index in [1.165, 1.54) is 12.1 Å². The largest absolute Gasteiger partial charge is 0.480 e. The number of hydrogen-bond acceptors (Lipinski definition) is 8. The first kappa shape index (κ1) is 21.7. The Morgan fingerprint density at radius 1 is 1.12 bits per heavy atom. The third kappa shape index (κ3) is 3.80. The number of aryl methyl sites for hydroxylation is 1. The summed E-state index contributed by atoms with van der Waals surface area (Å²) >= 11 is 0. The molecule has 1 fully saturated rings. The molecule has 1 aliphatic heterocycles. The average molecular weight is 459 g/mol. The lowest BCUT2D eigenvalue weighted by Gasteiger charge is -2.31. The number of anilines is 1. The number of methoxy groups -OCH3 is 1. The minimum atomic E-state index is -0.613. The fourth-order valence-electron chi connectivity index (χ4n) is 4.24. The van der Waals surface area contributed by atoms with Crippen molar-refractivity contribution in [1.82, 2.24) is 25.0 Å². The molecule has 1 aliphatic rings. The monoisotopic (exact) mass is 458 g/mol. The van der Waals surface area contributed by atoms with Crippen LogP contribution in [0.1, 0.15) is 18.4 Å². The maximum Gasteiger partial charge on any atom is 0.229 e. The topological polar surface area (TPSA) is 119 Å². The lowest BCUT2D eigenvalue weighted by Crippen LogP contribution is -2.40. The minimum Gasteiger partial charge on any atom is -0.480 e. The van der Waals surface area contributed by atoms with E-state index < -0.39 is 5.82 Å². The molecule has 9 nitrogen and oxygen atoms in total. The van der Waals surface area contributed by atoms with Gasteiger partial charge in [0.05, 0.1) is 29.4 Å². The van der Waals surface area contributed by atoms with Gasteiger partial charge in [-0.25, -0.2) is 14.1 Å². The summed E-state index contributed by atoms with van der Waals surface area (Å²) in [5, 5.41) is 17.5. The molecule has 0 atom stereocenters. The van der Waals surface area contributed by atoms with Gasteiger partial charge in [0, 0.05) is 31.7 Å². The second-order valence-corrected chi connectivity index (χ2v) is 8.30. The Kier molecular flexibility index (Phi) is 5.55. The highest BCUT2D eigenvalue weighted by atomic mass is 19.1. The standard InChI is InChI=1S/C24H23FN8O/c1-32-20-6-5-14(12-19(20)30-31-32)21-22(15-3-4-16(13-26)18(25)11-15)28-24(29-23(21)34-2)33-9-7-17(27)8-10-33/h3-6,11-12,17H,7-10,27H2,1-2H3. The molecule has 0 amide bonds. The molecule has 3 heterocycles. The van der Waals surface area contributed by atoms with Crippen LogP contribution in [0, 0.1) is 17.1 Å². The van der Waals surface area contributed by atoms with Crippen LogP contribution in [0.5, 0.6) is 5.88 Å². The minimum absolute atomic E-state index is 0.0301. The van der Waals surface area contributed by atoms with E-state index in [1.54, 1.807) is 17.9 Å². The molecule has 0 aliphatic carbocycles. The van der Waals surface area contributed by atoms with Crippen LogP contribution in [0.2, 0.25) is 0 Å². The number of aromatic nitrogens is 5. The molecule has 10 heteroatoms. The van der Waals surface area contributed by atoms with E-state index in [4.69, 9.17) is 25.7 Å². The highest BCUT2D eigenvalue weighted by molar-refractivity contribution is 5.89.